The van der Waals surface area contributed by atoms with Gasteiger partial charge in [-0.2, -0.15) is 0 Å². The molecule has 3 aromatic rings. The number of hydrogen-bond acceptors (Lipinski definition) is 4. The van der Waals surface area contributed by atoms with Crippen molar-refractivity contribution < 1.29 is 4.79 Å². The lowest BCUT2D eigenvalue weighted by Crippen LogP contribution is -2.22. The molecule has 2 aromatic carbocycles. The monoisotopic (exact) mass is 406 g/mol. The zero-order chi connectivity index (χ0) is 18.7. The number of nitrogens with zero attached hydrogens (tertiary/aromatic N) is 3. The number of amides is 1. The summed E-state index contributed by atoms with van der Waals surface area (Å²) < 4.78 is 1.81. The number of rotatable bonds is 5. The van der Waals surface area contributed by atoms with E-state index in [9.17, 15) is 4.79 Å². The van der Waals surface area contributed by atoms with Gasteiger partial charge in [-0.3, -0.25) is 9.36 Å². The molecule has 0 spiro atoms. The van der Waals surface area contributed by atoms with Crippen LogP contribution in [0.2, 0.25) is 10.0 Å². The van der Waals surface area contributed by atoms with Gasteiger partial charge in [0.1, 0.15) is 6.33 Å². The number of aromatic nitrogens is 3. The highest BCUT2D eigenvalue weighted by Gasteiger charge is 2.19. The molecule has 0 aliphatic carbocycles. The van der Waals surface area contributed by atoms with Crippen LogP contribution < -0.4 is 5.32 Å². The molecule has 0 radical (unpaired) electrons. The first-order valence-corrected chi connectivity index (χ1v) is 9.47. The highest BCUT2D eigenvalue weighted by Crippen LogP contribution is 2.27. The Bertz CT molecular complexity index is 927. The van der Waals surface area contributed by atoms with Crippen molar-refractivity contribution in [3.8, 4) is 5.69 Å². The Kier molecular flexibility index (Phi) is 5.86. The molecule has 0 bridgehead atoms. The molecule has 0 aliphatic heterocycles. The molecule has 134 valence electrons. The Balaban J connectivity index is 1.72. The van der Waals surface area contributed by atoms with Crippen LogP contribution in [0.4, 0.5) is 5.69 Å². The van der Waals surface area contributed by atoms with Crippen molar-refractivity contribution in [1.29, 1.82) is 0 Å². The van der Waals surface area contributed by atoms with Crippen molar-refractivity contribution in [1.82, 2.24) is 14.8 Å². The predicted octanol–water partition coefficient (Wildman–Crippen LogP) is 5.00. The Labute approximate surface area is 165 Å². The summed E-state index contributed by atoms with van der Waals surface area (Å²) in [5.41, 5.74) is 2.53. The molecule has 1 atom stereocenters. The van der Waals surface area contributed by atoms with Gasteiger partial charge >= 0.3 is 0 Å². The van der Waals surface area contributed by atoms with Crippen LogP contribution in [0, 0.1) is 6.92 Å². The van der Waals surface area contributed by atoms with E-state index in [1.807, 2.05) is 36.6 Å². The van der Waals surface area contributed by atoms with E-state index in [0.717, 1.165) is 11.3 Å². The van der Waals surface area contributed by atoms with Gasteiger partial charge in [-0.15, -0.1) is 10.2 Å². The fourth-order valence-corrected chi connectivity index (χ4v) is 3.35. The van der Waals surface area contributed by atoms with Crippen LogP contribution in [0.3, 0.4) is 0 Å². The molecule has 1 heterocycles. The van der Waals surface area contributed by atoms with Crippen LogP contribution in [-0.4, -0.2) is 25.9 Å². The van der Waals surface area contributed by atoms with Gasteiger partial charge in [0.2, 0.25) is 5.91 Å². The number of thioether (sulfide) groups is 1. The number of carbonyl (C=O) groups excluding carboxylic acids is 1. The van der Waals surface area contributed by atoms with Crippen LogP contribution >= 0.6 is 35.0 Å². The van der Waals surface area contributed by atoms with Crippen LogP contribution in [0.15, 0.2) is 53.9 Å². The van der Waals surface area contributed by atoms with Crippen LogP contribution in [0.5, 0.6) is 0 Å². The summed E-state index contributed by atoms with van der Waals surface area (Å²) in [7, 11) is 0. The molecular formula is C18H16Cl2N4OS. The average molecular weight is 407 g/mol. The van der Waals surface area contributed by atoms with Crippen molar-refractivity contribution in [3.05, 3.63) is 64.4 Å². The molecule has 0 aliphatic rings. The minimum Gasteiger partial charge on any atom is -0.325 e. The number of halogens is 2. The second-order valence-electron chi connectivity index (χ2n) is 5.67. The third kappa shape index (κ3) is 4.38. The smallest absolute Gasteiger partial charge is 0.237 e. The Hall–Kier alpha value is -2.02. The van der Waals surface area contributed by atoms with Crippen LogP contribution in [0.1, 0.15) is 12.5 Å². The van der Waals surface area contributed by atoms with Crippen molar-refractivity contribution in [2.75, 3.05) is 5.32 Å². The number of nitrogens with one attached hydrogen (secondary N) is 1. The van der Waals surface area contributed by atoms with Gasteiger partial charge in [-0.25, -0.2) is 0 Å². The maximum atomic E-state index is 12.4. The molecule has 8 heteroatoms. The van der Waals surface area contributed by atoms with E-state index in [4.69, 9.17) is 23.2 Å². The highest BCUT2D eigenvalue weighted by atomic mass is 35.5. The topological polar surface area (TPSA) is 59.8 Å². The molecule has 1 amide bonds. The Morgan fingerprint density at radius 1 is 1.19 bits per heavy atom. The summed E-state index contributed by atoms with van der Waals surface area (Å²) >= 11 is 13.4. The van der Waals surface area contributed by atoms with Crippen molar-refractivity contribution >= 4 is 46.6 Å². The van der Waals surface area contributed by atoms with Crippen molar-refractivity contribution in [2.24, 2.45) is 0 Å². The van der Waals surface area contributed by atoms with E-state index in [1.54, 1.807) is 30.6 Å². The lowest BCUT2D eigenvalue weighted by molar-refractivity contribution is -0.115. The van der Waals surface area contributed by atoms with E-state index in [0.29, 0.717) is 20.9 Å². The minimum absolute atomic E-state index is 0.131. The summed E-state index contributed by atoms with van der Waals surface area (Å²) in [6.45, 7) is 3.76. The first-order valence-electron chi connectivity index (χ1n) is 7.83. The van der Waals surface area contributed by atoms with Gasteiger partial charge in [-0.05, 0) is 55.8 Å². The third-order valence-electron chi connectivity index (χ3n) is 3.71. The molecule has 1 aromatic heterocycles. The summed E-state index contributed by atoms with van der Waals surface area (Å²) in [6, 6.07) is 12.7. The van der Waals surface area contributed by atoms with Crippen molar-refractivity contribution in [3.63, 3.8) is 0 Å². The van der Waals surface area contributed by atoms with Gasteiger partial charge in [0.25, 0.3) is 0 Å². The number of aryl methyl sites for hydroxylation is 1. The van der Waals surface area contributed by atoms with Crippen molar-refractivity contribution in [2.45, 2.75) is 24.3 Å². The van der Waals surface area contributed by atoms with Gasteiger partial charge in [0.15, 0.2) is 5.16 Å². The second-order valence-corrected chi connectivity index (χ2v) is 7.82. The van der Waals surface area contributed by atoms with E-state index in [1.165, 1.54) is 11.8 Å². The highest BCUT2D eigenvalue weighted by molar-refractivity contribution is 8.00. The normalized spacial score (nSPS) is 12.0. The second kappa shape index (κ2) is 8.12. The molecule has 0 fully saturated rings. The first kappa shape index (κ1) is 18.8. The maximum Gasteiger partial charge on any atom is 0.237 e. The minimum atomic E-state index is -0.366. The van der Waals surface area contributed by atoms with E-state index in [-0.39, 0.29) is 11.2 Å². The zero-order valence-corrected chi connectivity index (χ0v) is 16.4. The molecule has 5 nitrogen and oxygen atoms in total. The summed E-state index contributed by atoms with van der Waals surface area (Å²) in [6.07, 6.45) is 1.60. The molecule has 1 N–H and O–H groups in total. The number of carbonyl (C=O) groups is 1. The van der Waals surface area contributed by atoms with Crippen LogP contribution in [-0.2, 0) is 4.79 Å². The largest absolute Gasteiger partial charge is 0.325 e. The van der Waals surface area contributed by atoms with Gasteiger partial charge in [0.05, 0.1) is 10.9 Å². The predicted molar refractivity (Wildman–Crippen MR) is 107 cm³/mol. The average Bonchev–Trinajstić information content (AvgIpc) is 3.07. The fourth-order valence-electron chi connectivity index (χ4n) is 2.20. The lowest BCUT2D eigenvalue weighted by Gasteiger charge is -2.13. The lowest BCUT2D eigenvalue weighted by atomic mass is 10.2. The first-order chi connectivity index (χ1) is 12.4. The zero-order valence-electron chi connectivity index (χ0n) is 14.1. The maximum absolute atomic E-state index is 12.4. The van der Waals surface area contributed by atoms with Crippen LogP contribution in [0.25, 0.3) is 5.69 Å². The molecule has 26 heavy (non-hydrogen) atoms. The van der Waals surface area contributed by atoms with Gasteiger partial charge < -0.3 is 5.32 Å². The van der Waals surface area contributed by atoms with Gasteiger partial charge in [-0.1, -0.05) is 41.0 Å². The summed E-state index contributed by atoms with van der Waals surface area (Å²) in [4.78, 5) is 12.4. The molecule has 0 saturated heterocycles. The third-order valence-corrected chi connectivity index (χ3v) is 5.43. The molecule has 3 rings (SSSR count). The molecule has 1 unspecified atom stereocenters. The molecule has 0 saturated carbocycles. The van der Waals surface area contributed by atoms with Gasteiger partial charge in [0, 0.05) is 15.7 Å². The number of benzene rings is 2. The fraction of sp³-hybridized carbons (Fsp3) is 0.167. The number of anilines is 1. The summed E-state index contributed by atoms with van der Waals surface area (Å²) in [5.74, 6) is -0.131. The quantitative estimate of drug-likeness (QED) is 0.605. The Morgan fingerprint density at radius 3 is 2.62 bits per heavy atom. The Morgan fingerprint density at radius 2 is 1.92 bits per heavy atom. The number of hydrogen-bond donors (Lipinski definition) is 1. The SMILES string of the molecule is Cc1ccc(-n2cnnc2SC(C)C(=O)Nc2ccc(Cl)cc2)cc1Cl. The molecular weight excluding hydrogens is 391 g/mol. The van der Waals surface area contributed by atoms with E-state index >= 15 is 0 Å². The summed E-state index contributed by atoms with van der Waals surface area (Å²) in [5, 5.41) is 12.5. The van der Waals surface area contributed by atoms with E-state index in [2.05, 4.69) is 15.5 Å². The standard InChI is InChI=1S/C18H16Cl2N4OS/c1-11-3-8-15(9-16(11)20)24-10-21-23-18(24)26-12(2)17(25)22-14-6-4-13(19)5-7-14/h3-10,12H,1-2H3,(H,22,25). The van der Waals surface area contributed by atoms with E-state index < -0.39 is 0 Å².